The van der Waals surface area contributed by atoms with Gasteiger partial charge < -0.3 is 9.15 Å². The van der Waals surface area contributed by atoms with Crippen molar-refractivity contribution >= 4 is 39.9 Å². The molecule has 0 spiro atoms. The van der Waals surface area contributed by atoms with E-state index in [4.69, 9.17) is 20.8 Å². The van der Waals surface area contributed by atoms with Crippen LogP contribution in [-0.4, -0.2) is 5.97 Å². The van der Waals surface area contributed by atoms with Gasteiger partial charge in [-0.1, -0.05) is 29.8 Å². The lowest BCUT2D eigenvalue weighted by Gasteiger charge is -2.06. The molecule has 4 aromatic rings. The summed E-state index contributed by atoms with van der Waals surface area (Å²) in [5.41, 5.74) is 1.37. The van der Waals surface area contributed by atoms with Crippen LogP contribution in [0.5, 0.6) is 5.75 Å². The number of fused-ring (bicyclic) bond motifs is 1. The van der Waals surface area contributed by atoms with Gasteiger partial charge in [-0.05, 0) is 41.3 Å². The molecule has 0 aliphatic carbocycles. The summed E-state index contributed by atoms with van der Waals surface area (Å²) in [5, 5.41) is 2.92. The number of carbonyl (C=O) groups is 1. The molecule has 2 aromatic heterocycles. The van der Waals surface area contributed by atoms with Crippen LogP contribution >= 0.6 is 22.9 Å². The Morgan fingerprint density at radius 3 is 2.67 bits per heavy atom. The molecule has 0 saturated heterocycles. The van der Waals surface area contributed by atoms with Gasteiger partial charge in [0.05, 0.1) is 17.4 Å². The Morgan fingerprint density at radius 2 is 1.93 bits per heavy atom. The molecule has 0 bridgehead atoms. The molecular weight excluding hydrogens is 384 g/mol. The van der Waals surface area contributed by atoms with E-state index < -0.39 is 0 Å². The number of carbonyl (C=O) groups excluding carboxylic acids is 1. The fourth-order valence-electron chi connectivity index (χ4n) is 2.72. The number of hydrogen-bond donors (Lipinski definition) is 0. The molecule has 0 atom stereocenters. The van der Waals surface area contributed by atoms with E-state index >= 15 is 0 Å². The van der Waals surface area contributed by atoms with E-state index in [9.17, 15) is 9.59 Å². The summed E-state index contributed by atoms with van der Waals surface area (Å²) in [6, 6.07) is 15.5. The normalized spacial score (nSPS) is 10.9. The van der Waals surface area contributed by atoms with Gasteiger partial charge in [0.25, 0.3) is 0 Å². The summed E-state index contributed by atoms with van der Waals surface area (Å²) in [4.78, 5) is 25.7. The first kappa shape index (κ1) is 17.5. The molecule has 0 N–H and O–H groups in total. The average Bonchev–Trinajstić information content (AvgIpc) is 3.16. The van der Waals surface area contributed by atoms with E-state index in [1.807, 2.05) is 17.5 Å². The molecule has 0 unspecified atom stereocenters. The number of rotatable bonds is 4. The van der Waals surface area contributed by atoms with Crippen molar-refractivity contribution in [3.05, 3.63) is 86.4 Å². The number of hydrogen-bond acceptors (Lipinski definition) is 5. The zero-order chi connectivity index (χ0) is 18.8. The Labute approximate surface area is 163 Å². The molecule has 6 heteroatoms. The average molecular weight is 397 g/mol. The quantitative estimate of drug-likeness (QED) is 0.346. The molecule has 0 saturated carbocycles. The second kappa shape index (κ2) is 7.39. The maximum Gasteiger partial charge on any atom is 0.316 e. The Bertz CT molecular complexity index is 1160. The number of thiophene rings is 1. The number of halogens is 1. The first-order chi connectivity index (χ1) is 13.1. The smallest absolute Gasteiger partial charge is 0.316 e. The predicted octanol–water partition coefficient (Wildman–Crippen LogP) is 5.32. The third kappa shape index (κ3) is 3.79. The van der Waals surface area contributed by atoms with Crippen LogP contribution in [0.4, 0.5) is 0 Å². The topological polar surface area (TPSA) is 56.5 Å². The van der Waals surface area contributed by atoms with Crippen molar-refractivity contribution in [3.63, 3.8) is 0 Å². The van der Waals surface area contributed by atoms with E-state index in [-0.39, 0.29) is 17.8 Å². The summed E-state index contributed by atoms with van der Waals surface area (Å²) >= 11 is 7.39. The molecule has 0 amide bonds. The summed E-state index contributed by atoms with van der Waals surface area (Å²) < 4.78 is 11.0. The highest BCUT2D eigenvalue weighted by Gasteiger charge is 2.12. The minimum Gasteiger partial charge on any atom is -0.463 e. The lowest BCUT2D eigenvalue weighted by molar-refractivity contribution is -0.133. The fourth-order valence-corrected chi connectivity index (χ4v) is 3.54. The lowest BCUT2D eigenvalue weighted by atomic mass is 10.1. The van der Waals surface area contributed by atoms with Crippen LogP contribution in [0.2, 0.25) is 5.02 Å². The van der Waals surface area contributed by atoms with Gasteiger partial charge in [0.2, 0.25) is 0 Å². The highest BCUT2D eigenvalue weighted by molar-refractivity contribution is 7.10. The van der Waals surface area contributed by atoms with Crippen LogP contribution in [0.1, 0.15) is 4.88 Å². The van der Waals surface area contributed by atoms with Crippen molar-refractivity contribution in [1.29, 1.82) is 0 Å². The molecule has 4 rings (SSSR count). The maximum atomic E-state index is 12.8. The molecule has 0 fully saturated rings. The van der Waals surface area contributed by atoms with Crippen molar-refractivity contribution in [2.24, 2.45) is 0 Å². The number of esters is 1. The Kier molecular flexibility index (Phi) is 4.79. The molecule has 4 nitrogen and oxygen atoms in total. The van der Waals surface area contributed by atoms with Gasteiger partial charge in [-0.3, -0.25) is 9.59 Å². The van der Waals surface area contributed by atoms with Gasteiger partial charge in [-0.25, -0.2) is 0 Å². The van der Waals surface area contributed by atoms with Crippen molar-refractivity contribution in [3.8, 4) is 16.9 Å². The van der Waals surface area contributed by atoms with E-state index in [1.54, 1.807) is 42.5 Å². The molecule has 134 valence electrons. The van der Waals surface area contributed by atoms with Crippen LogP contribution in [0.3, 0.4) is 0 Å². The summed E-state index contributed by atoms with van der Waals surface area (Å²) in [6.45, 7) is 0. The van der Waals surface area contributed by atoms with Gasteiger partial charge in [-0.2, -0.15) is 0 Å². The molecule has 0 radical (unpaired) electrons. The van der Waals surface area contributed by atoms with Crippen molar-refractivity contribution < 1.29 is 13.9 Å². The van der Waals surface area contributed by atoms with Gasteiger partial charge in [0.15, 0.2) is 5.43 Å². The second-order valence-electron chi connectivity index (χ2n) is 5.87. The zero-order valence-corrected chi connectivity index (χ0v) is 15.5. The largest absolute Gasteiger partial charge is 0.463 e. The van der Waals surface area contributed by atoms with Gasteiger partial charge in [-0.15, -0.1) is 11.3 Å². The van der Waals surface area contributed by atoms with Crippen LogP contribution in [0.25, 0.3) is 22.1 Å². The maximum absolute atomic E-state index is 12.8. The zero-order valence-electron chi connectivity index (χ0n) is 14.0. The third-order valence-corrected chi connectivity index (χ3v) is 5.16. The molecule has 0 aliphatic rings. The van der Waals surface area contributed by atoms with Gasteiger partial charge >= 0.3 is 5.97 Å². The monoisotopic (exact) mass is 396 g/mol. The van der Waals surface area contributed by atoms with Crippen LogP contribution < -0.4 is 10.2 Å². The molecular formula is C21H13ClO4S. The SMILES string of the molecule is O=C(Cc1cccs1)Oc1ccc2c(=O)c(-c3ccc(Cl)cc3)coc2c1. The highest BCUT2D eigenvalue weighted by atomic mass is 35.5. The third-order valence-electron chi connectivity index (χ3n) is 4.03. The highest BCUT2D eigenvalue weighted by Crippen LogP contribution is 2.24. The first-order valence-corrected chi connectivity index (χ1v) is 9.40. The van der Waals surface area contributed by atoms with Gasteiger partial charge in [0, 0.05) is 16.0 Å². The molecule has 27 heavy (non-hydrogen) atoms. The summed E-state index contributed by atoms with van der Waals surface area (Å²) in [5.74, 6) is -0.0246. The predicted molar refractivity (Wildman–Crippen MR) is 107 cm³/mol. The standard InChI is InChI=1S/C21H13ClO4S/c22-14-5-3-13(4-6-14)18-12-25-19-10-15(7-8-17(19)21(18)24)26-20(23)11-16-2-1-9-27-16/h1-10,12H,11H2. The number of ether oxygens (including phenoxy) is 1. The van der Waals surface area contributed by atoms with Crippen LogP contribution in [0.15, 0.2) is 75.5 Å². The van der Waals surface area contributed by atoms with Crippen molar-refractivity contribution in [1.82, 2.24) is 0 Å². The Hall–Kier alpha value is -2.89. The van der Waals surface area contributed by atoms with Crippen LogP contribution in [-0.2, 0) is 11.2 Å². The van der Waals surface area contributed by atoms with Crippen LogP contribution in [0, 0.1) is 0 Å². The first-order valence-electron chi connectivity index (χ1n) is 8.15. The summed E-state index contributed by atoms with van der Waals surface area (Å²) in [6.07, 6.45) is 1.61. The van der Waals surface area contributed by atoms with E-state index in [2.05, 4.69) is 0 Å². The van der Waals surface area contributed by atoms with Crippen molar-refractivity contribution in [2.45, 2.75) is 6.42 Å². The fraction of sp³-hybridized carbons (Fsp3) is 0.0476. The lowest BCUT2D eigenvalue weighted by Crippen LogP contribution is -2.10. The number of benzene rings is 2. The summed E-state index contributed by atoms with van der Waals surface area (Å²) in [7, 11) is 0. The van der Waals surface area contributed by atoms with E-state index in [0.29, 0.717) is 27.3 Å². The molecule has 0 aliphatic heterocycles. The minimum atomic E-state index is -0.364. The van der Waals surface area contributed by atoms with E-state index in [1.165, 1.54) is 17.6 Å². The Morgan fingerprint density at radius 1 is 1.11 bits per heavy atom. The van der Waals surface area contributed by atoms with Crippen molar-refractivity contribution in [2.75, 3.05) is 0 Å². The van der Waals surface area contributed by atoms with E-state index in [0.717, 1.165) is 10.4 Å². The molecule has 2 aromatic carbocycles. The molecule has 2 heterocycles. The minimum absolute atomic E-state index is 0.157. The Balaban J connectivity index is 1.62. The second-order valence-corrected chi connectivity index (χ2v) is 7.34. The van der Waals surface area contributed by atoms with Gasteiger partial charge in [0.1, 0.15) is 17.6 Å².